The molecule has 3 nitrogen and oxygen atoms in total. The molecule has 31 heavy (non-hydrogen) atoms. The molecule has 0 radical (unpaired) electrons. The summed E-state index contributed by atoms with van der Waals surface area (Å²) in [6, 6.07) is 14.4. The van der Waals surface area contributed by atoms with E-state index in [1.165, 1.54) is 12.0 Å². The van der Waals surface area contributed by atoms with Gasteiger partial charge in [0, 0.05) is 38.6 Å². The number of nitrogens with zero attached hydrogens (tertiary/aromatic N) is 1. The number of aliphatic hydroxyl groups is 1. The smallest absolute Gasteiger partial charge is 0.0728 e. The van der Waals surface area contributed by atoms with Crippen LogP contribution in [0.3, 0.4) is 0 Å². The van der Waals surface area contributed by atoms with E-state index in [9.17, 15) is 5.11 Å². The molecular formula is C24H32Cl4N2O. The largest absolute Gasteiger partial charge is 0.389 e. The highest BCUT2D eigenvalue weighted by Crippen LogP contribution is 2.41. The lowest BCUT2D eigenvalue weighted by Gasteiger charge is -2.42. The van der Waals surface area contributed by atoms with Crippen LogP contribution in [-0.4, -0.2) is 48.3 Å². The first-order valence-corrected chi connectivity index (χ1v) is 11.5. The molecule has 2 aromatic rings. The third-order valence-electron chi connectivity index (χ3n) is 6.58. The van der Waals surface area contributed by atoms with Gasteiger partial charge in [-0.3, -0.25) is 0 Å². The van der Waals surface area contributed by atoms with E-state index in [2.05, 4.69) is 34.5 Å². The normalized spacial score (nSPS) is 19.7. The summed E-state index contributed by atoms with van der Waals surface area (Å²) in [7, 11) is 0. The van der Waals surface area contributed by atoms with Crippen LogP contribution in [0.5, 0.6) is 0 Å². The summed E-state index contributed by atoms with van der Waals surface area (Å²) >= 11 is 12.3. The molecule has 1 unspecified atom stereocenters. The van der Waals surface area contributed by atoms with Crippen molar-refractivity contribution in [1.82, 2.24) is 10.2 Å². The van der Waals surface area contributed by atoms with E-state index in [1.54, 1.807) is 0 Å². The molecular weight excluding hydrogens is 474 g/mol. The number of piperazine rings is 1. The molecule has 4 rings (SSSR count). The fraction of sp³-hybridized carbons (Fsp3) is 0.500. The molecule has 0 spiro atoms. The van der Waals surface area contributed by atoms with E-state index in [0.717, 1.165) is 69.5 Å². The van der Waals surface area contributed by atoms with Crippen LogP contribution >= 0.6 is 48.0 Å². The predicted molar refractivity (Wildman–Crippen MR) is 136 cm³/mol. The molecule has 2 aliphatic rings. The Morgan fingerprint density at radius 2 is 1.48 bits per heavy atom. The standard InChI is InChI=1S/C24H30Cl2N2O.2ClH/c25-22-9-8-20(16-23(22)26)18-4-6-19(7-5-18)21(17-28-14-12-27-13-15-28)24(29)10-2-1-3-11-24;;/h4-9,16,21,27,29H,1-3,10-15,17H2;2*1H. The van der Waals surface area contributed by atoms with E-state index in [1.807, 2.05) is 18.2 Å². The zero-order valence-corrected chi connectivity index (χ0v) is 20.8. The molecule has 0 bridgehead atoms. The molecule has 1 atom stereocenters. The molecule has 7 heteroatoms. The first kappa shape index (κ1) is 26.7. The van der Waals surface area contributed by atoms with Gasteiger partial charge >= 0.3 is 0 Å². The van der Waals surface area contributed by atoms with Crippen molar-refractivity contribution in [1.29, 1.82) is 0 Å². The van der Waals surface area contributed by atoms with Gasteiger partial charge in [-0.05, 0) is 41.7 Å². The van der Waals surface area contributed by atoms with Gasteiger partial charge in [0.05, 0.1) is 15.6 Å². The highest BCUT2D eigenvalue weighted by Gasteiger charge is 2.39. The molecule has 2 aromatic carbocycles. The number of benzene rings is 2. The molecule has 2 fully saturated rings. The Balaban J connectivity index is 0.00000171. The third-order valence-corrected chi connectivity index (χ3v) is 7.32. The van der Waals surface area contributed by atoms with Gasteiger partial charge in [-0.15, -0.1) is 24.8 Å². The minimum Gasteiger partial charge on any atom is -0.389 e. The second kappa shape index (κ2) is 12.1. The Bertz CT molecular complexity index is 819. The Hall–Kier alpha value is -0.520. The second-order valence-electron chi connectivity index (χ2n) is 8.52. The summed E-state index contributed by atoms with van der Waals surface area (Å²) in [5, 5.41) is 16.2. The van der Waals surface area contributed by atoms with E-state index in [4.69, 9.17) is 23.2 Å². The average molecular weight is 506 g/mol. The summed E-state index contributed by atoms with van der Waals surface area (Å²) in [5.74, 6) is 0.142. The molecule has 1 heterocycles. The summed E-state index contributed by atoms with van der Waals surface area (Å²) < 4.78 is 0. The van der Waals surface area contributed by atoms with Crippen molar-refractivity contribution < 1.29 is 5.11 Å². The number of hydrogen-bond acceptors (Lipinski definition) is 3. The monoisotopic (exact) mass is 504 g/mol. The number of nitrogens with one attached hydrogen (secondary N) is 1. The molecule has 0 amide bonds. The predicted octanol–water partition coefficient (Wildman–Crippen LogP) is 6.19. The maximum absolute atomic E-state index is 11.6. The Morgan fingerprint density at radius 3 is 2.10 bits per heavy atom. The highest BCUT2D eigenvalue weighted by molar-refractivity contribution is 6.42. The SMILES string of the molecule is Cl.Cl.OC1(C(CN2CCNCC2)c2ccc(-c3ccc(Cl)c(Cl)c3)cc2)CCCCC1. The Kier molecular flexibility index (Phi) is 10.4. The van der Waals surface area contributed by atoms with Crippen LogP contribution in [0.2, 0.25) is 10.0 Å². The van der Waals surface area contributed by atoms with Crippen molar-refractivity contribution in [3.63, 3.8) is 0 Å². The van der Waals surface area contributed by atoms with Crippen LogP contribution in [-0.2, 0) is 0 Å². The Labute approximate surface area is 208 Å². The van der Waals surface area contributed by atoms with E-state index < -0.39 is 5.60 Å². The number of rotatable bonds is 5. The van der Waals surface area contributed by atoms with E-state index >= 15 is 0 Å². The van der Waals surface area contributed by atoms with Gasteiger partial charge in [-0.2, -0.15) is 0 Å². The van der Waals surface area contributed by atoms with E-state index in [-0.39, 0.29) is 30.7 Å². The third kappa shape index (κ3) is 6.51. The molecule has 1 aliphatic carbocycles. The van der Waals surface area contributed by atoms with Gasteiger partial charge in [0.15, 0.2) is 0 Å². The van der Waals surface area contributed by atoms with Gasteiger partial charge in [0.25, 0.3) is 0 Å². The van der Waals surface area contributed by atoms with E-state index in [0.29, 0.717) is 10.0 Å². The van der Waals surface area contributed by atoms with Crippen LogP contribution in [0.4, 0.5) is 0 Å². The van der Waals surface area contributed by atoms with Crippen molar-refractivity contribution in [2.45, 2.75) is 43.6 Å². The zero-order chi connectivity index (χ0) is 20.3. The van der Waals surface area contributed by atoms with Crippen LogP contribution in [0.15, 0.2) is 42.5 Å². The van der Waals surface area contributed by atoms with Gasteiger partial charge in [0.2, 0.25) is 0 Å². The maximum Gasteiger partial charge on any atom is 0.0728 e. The van der Waals surface area contributed by atoms with Crippen LogP contribution < -0.4 is 5.32 Å². The maximum atomic E-state index is 11.6. The fourth-order valence-electron chi connectivity index (χ4n) is 4.83. The van der Waals surface area contributed by atoms with Crippen LogP contribution in [0, 0.1) is 0 Å². The van der Waals surface area contributed by atoms with Crippen molar-refractivity contribution in [3.8, 4) is 11.1 Å². The van der Waals surface area contributed by atoms with Crippen molar-refractivity contribution >= 4 is 48.0 Å². The van der Waals surface area contributed by atoms with Crippen molar-refractivity contribution in [3.05, 3.63) is 58.1 Å². The minimum atomic E-state index is -0.603. The average Bonchev–Trinajstić information content (AvgIpc) is 2.75. The second-order valence-corrected chi connectivity index (χ2v) is 9.33. The zero-order valence-electron chi connectivity index (χ0n) is 17.7. The van der Waals surface area contributed by atoms with Crippen molar-refractivity contribution in [2.24, 2.45) is 0 Å². The summed E-state index contributed by atoms with van der Waals surface area (Å²) in [6.45, 7) is 5.08. The lowest BCUT2D eigenvalue weighted by atomic mass is 9.72. The fourth-order valence-corrected chi connectivity index (χ4v) is 5.13. The summed E-state index contributed by atoms with van der Waals surface area (Å²) in [6.07, 6.45) is 5.28. The first-order chi connectivity index (χ1) is 14.0. The minimum absolute atomic E-state index is 0. The lowest BCUT2D eigenvalue weighted by molar-refractivity contribution is -0.0316. The van der Waals surface area contributed by atoms with Crippen LogP contribution in [0.25, 0.3) is 11.1 Å². The van der Waals surface area contributed by atoms with Gasteiger partial charge in [-0.25, -0.2) is 0 Å². The van der Waals surface area contributed by atoms with Gasteiger partial charge in [-0.1, -0.05) is 72.8 Å². The topological polar surface area (TPSA) is 35.5 Å². The lowest BCUT2D eigenvalue weighted by Crippen LogP contribution is -2.49. The Morgan fingerprint density at radius 1 is 0.871 bits per heavy atom. The molecule has 1 saturated heterocycles. The van der Waals surface area contributed by atoms with Crippen molar-refractivity contribution in [2.75, 3.05) is 32.7 Å². The molecule has 2 N–H and O–H groups in total. The number of halogens is 4. The highest BCUT2D eigenvalue weighted by atomic mass is 35.5. The number of hydrogen-bond donors (Lipinski definition) is 2. The molecule has 0 aromatic heterocycles. The van der Waals surface area contributed by atoms with Gasteiger partial charge in [0.1, 0.15) is 0 Å². The first-order valence-electron chi connectivity index (χ1n) is 10.8. The summed E-state index contributed by atoms with van der Waals surface area (Å²) in [4.78, 5) is 2.50. The summed E-state index contributed by atoms with van der Waals surface area (Å²) in [5.41, 5.74) is 2.80. The van der Waals surface area contributed by atoms with Crippen LogP contribution in [0.1, 0.15) is 43.6 Å². The molecule has 172 valence electrons. The molecule has 1 aliphatic heterocycles. The van der Waals surface area contributed by atoms with Gasteiger partial charge < -0.3 is 15.3 Å². The quantitative estimate of drug-likeness (QED) is 0.508. The molecule has 1 saturated carbocycles.